The molecule has 8 heteroatoms. The van der Waals surface area contributed by atoms with Crippen molar-refractivity contribution < 1.29 is 14.3 Å². The molecule has 0 radical (unpaired) electrons. The third kappa shape index (κ3) is 8.78. The van der Waals surface area contributed by atoms with E-state index in [4.69, 9.17) is 14.5 Å². The van der Waals surface area contributed by atoms with Gasteiger partial charge in [-0.1, -0.05) is 0 Å². The summed E-state index contributed by atoms with van der Waals surface area (Å²) >= 11 is 0. The molecule has 0 saturated carbocycles. The number of hydrogen-bond acceptors (Lipinski definition) is 5. The Morgan fingerprint density at radius 2 is 1.90 bits per heavy atom. The van der Waals surface area contributed by atoms with Crippen LogP contribution in [-0.2, 0) is 9.47 Å². The quantitative estimate of drug-likeness (QED) is 0.492. The van der Waals surface area contributed by atoms with Crippen LogP contribution in [0.15, 0.2) is 4.99 Å². The standard InChI is InChI=1S/C21H41N5O3/c1-6-22-19(23-15-17-7-10-25(11-8-17)13-14-28-5)26-12-9-18(16-26)24-20(27)29-21(2,3)4/h17-18H,6-16H2,1-5H3,(H,22,23)(H,24,27). The van der Waals surface area contributed by atoms with E-state index in [1.54, 1.807) is 7.11 Å². The Kier molecular flexibility index (Phi) is 9.49. The molecule has 2 aliphatic rings. The number of likely N-dealkylation sites (tertiary alicyclic amines) is 2. The number of rotatable bonds is 7. The van der Waals surface area contributed by atoms with E-state index in [9.17, 15) is 4.79 Å². The largest absolute Gasteiger partial charge is 0.444 e. The topological polar surface area (TPSA) is 78.4 Å². The Bertz CT molecular complexity index is 527. The second kappa shape index (κ2) is 11.6. The summed E-state index contributed by atoms with van der Waals surface area (Å²) in [6, 6.07) is 0.0951. The predicted molar refractivity (Wildman–Crippen MR) is 116 cm³/mol. The van der Waals surface area contributed by atoms with Gasteiger partial charge in [0.05, 0.1) is 12.6 Å². The molecule has 2 N–H and O–H groups in total. The zero-order chi connectivity index (χ0) is 21.3. The van der Waals surface area contributed by atoms with E-state index in [0.29, 0.717) is 5.92 Å². The minimum Gasteiger partial charge on any atom is -0.444 e. The molecule has 1 unspecified atom stereocenters. The lowest BCUT2D eigenvalue weighted by atomic mass is 9.97. The molecular formula is C21H41N5O3. The highest BCUT2D eigenvalue weighted by Gasteiger charge is 2.28. The Morgan fingerprint density at radius 1 is 1.17 bits per heavy atom. The third-order valence-electron chi connectivity index (χ3n) is 5.36. The SMILES string of the molecule is CCNC(=NCC1CCN(CCOC)CC1)N1CCC(NC(=O)OC(C)(C)C)C1. The molecule has 2 heterocycles. The van der Waals surface area contributed by atoms with Crippen molar-refractivity contribution in [1.82, 2.24) is 20.4 Å². The Balaban J connectivity index is 1.79. The van der Waals surface area contributed by atoms with E-state index in [0.717, 1.165) is 64.8 Å². The number of amides is 1. The first-order valence-electron chi connectivity index (χ1n) is 11.0. The van der Waals surface area contributed by atoms with Gasteiger partial charge >= 0.3 is 6.09 Å². The van der Waals surface area contributed by atoms with Gasteiger partial charge in [-0.3, -0.25) is 4.99 Å². The minimum absolute atomic E-state index is 0.0951. The van der Waals surface area contributed by atoms with Gasteiger partial charge in [-0.05, 0) is 66.0 Å². The summed E-state index contributed by atoms with van der Waals surface area (Å²) in [5.41, 5.74) is -0.474. The zero-order valence-corrected chi connectivity index (χ0v) is 19.0. The molecule has 8 nitrogen and oxygen atoms in total. The van der Waals surface area contributed by atoms with Crippen molar-refractivity contribution in [3.8, 4) is 0 Å². The fraction of sp³-hybridized carbons (Fsp3) is 0.905. The van der Waals surface area contributed by atoms with Gasteiger partial charge in [-0.2, -0.15) is 0 Å². The van der Waals surface area contributed by atoms with Gasteiger partial charge in [-0.25, -0.2) is 4.79 Å². The maximum absolute atomic E-state index is 12.0. The summed E-state index contributed by atoms with van der Waals surface area (Å²) in [5, 5.41) is 6.41. The van der Waals surface area contributed by atoms with Crippen molar-refractivity contribution in [1.29, 1.82) is 0 Å². The molecule has 1 atom stereocenters. The summed E-state index contributed by atoms with van der Waals surface area (Å²) in [4.78, 5) is 21.7. The second-order valence-electron chi connectivity index (χ2n) is 9.05. The molecule has 0 aromatic rings. The smallest absolute Gasteiger partial charge is 0.407 e. The molecule has 0 aliphatic carbocycles. The highest BCUT2D eigenvalue weighted by atomic mass is 16.6. The Hall–Kier alpha value is -1.54. The van der Waals surface area contributed by atoms with Crippen LogP contribution in [0.1, 0.15) is 47.0 Å². The van der Waals surface area contributed by atoms with E-state index in [1.807, 2.05) is 20.8 Å². The van der Waals surface area contributed by atoms with Crippen molar-refractivity contribution in [2.75, 3.05) is 59.5 Å². The van der Waals surface area contributed by atoms with Gasteiger partial charge in [0, 0.05) is 39.8 Å². The minimum atomic E-state index is -0.474. The lowest BCUT2D eigenvalue weighted by Gasteiger charge is -2.31. The zero-order valence-electron chi connectivity index (χ0n) is 19.0. The molecule has 0 spiro atoms. The van der Waals surface area contributed by atoms with Crippen molar-refractivity contribution in [3.05, 3.63) is 0 Å². The monoisotopic (exact) mass is 411 g/mol. The summed E-state index contributed by atoms with van der Waals surface area (Å²) < 4.78 is 10.6. The van der Waals surface area contributed by atoms with E-state index in [-0.39, 0.29) is 12.1 Å². The average molecular weight is 412 g/mol. The fourth-order valence-electron chi connectivity index (χ4n) is 3.80. The van der Waals surface area contributed by atoms with Crippen molar-refractivity contribution in [2.45, 2.75) is 58.6 Å². The molecule has 29 heavy (non-hydrogen) atoms. The van der Waals surface area contributed by atoms with Crippen LogP contribution in [0.3, 0.4) is 0 Å². The molecule has 2 saturated heterocycles. The summed E-state index contributed by atoms with van der Waals surface area (Å²) in [5.74, 6) is 1.60. The molecule has 2 aliphatic heterocycles. The molecule has 168 valence electrons. The van der Waals surface area contributed by atoms with Crippen LogP contribution in [0, 0.1) is 5.92 Å². The van der Waals surface area contributed by atoms with Gasteiger partial charge in [0.15, 0.2) is 5.96 Å². The highest BCUT2D eigenvalue weighted by Crippen LogP contribution is 2.18. The maximum Gasteiger partial charge on any atom is 0.407 e. The van der Waals surface area contributed by atoms with Crippen LogP contribution < -0.4 is 10.6 Å². The Labute approximate surface area is 176 Å². The van der Waals surface area contributed by atoms with E-state index < -0.39 is 5.60 Å². The number of carbonyl (C=O) groups excluding carboxylic acids is 1. The fourth-order valence-corrected chi connectivity index (χ4v) is 3.80. The molecule has 2 fully saturated rings. The first kappa shape index (κ1) is 23.7. The van der Waals surface area contributed by atoms with Gasteiger partial charge in [0.25, 0.3) is 0 Å². The lowest BCUT2D eigenvalue weighted by Crippen LogP contribution is -2.44. The average Bonchev–Trinajstić information content (AvgIpc) is 3.10. The molecular weight excluding hydrogens is 370 g/mol. The number of guanidine groups is 1. The molecule has 1 amide bonds. The number of alkyl carbamates (subject to hydrolysis) is 1. The van der Waals surface area contributed by atoms with Gasteiger partial charge < -0.3 is 29.9 Å². The number of piperidine rings is 1. The molecule has 2 rings (SSSR count). The summed E-state index contributed by atoms with van der Waals surface area (Å²) in [6.07, 6.45) is 2.94. The van der Waals surface area contributed by atoms with Crippen LogP contribution in [0.5, 0.6) is 0 Å². The van der Waals surface area contributed by atoms with Crippen LogP contribution >= 0.6 is 0 Å². The van der Waals surface area contributed by atoms with E-state index in [1.165, 1.54) is 12.8 Å². The third-order valence-corrected chi connectivity index (χ3v) is 5.36. The predicted octanol–water partition coefficient (Wildman–Crippen LogP) is 1.91. The number of nitrogens with zero attached hydrogens (tertiary/aromatic N) is 3. The first-order chi connectivity index (χ1) is 13.8. The van der Waals surface area contributed by atoms with Gasteiger partial charge in [0.2, 0.25) is 0 Å². The van der Waals surface area contributed by atoms with Crippen LogP contribution in [0.25, 0.3) is 0 Å². The van der Waals surface area contributed by atoms with Crippen molar-refractivity contribution in [3.63, 3.8) is 0 Å². The number of hydrogen-bond donors (Lipinski definition) is 2. The van der Waals surface area contributed by atoms with E-state index in [2.05, 4.69) is 27.4 Å². The maximum atomic E-state index is 12.0. The summed E-state index contributed by atoms with van der Waals surface area (Å²) in [6.45, 7) is 15.2. The number of methoxy groups -OCH3 is 1. The normalized spacial score (nSPS) is 22.0. The van der Waals surface area contributed by atoms with Crippen molar-refractivity contribution >= 4 is 12.1 Å². The van der Waals surface area contributed by atoms with Crippen LogP contribution in [0.4, 0.5) is 4.79 Å². The highest BCUT2D eigenvalue weighted by molar-refractivity contribution is 5.80. The van der Waals surface area contributed by atoms with Gasteiger partial charge in [0.1, 0.15) is 5.60 Å². The molecule has 0 aromatic heterocycles. The molecule has 0 bridgehead atoms. The lowest BCUT2D eigenvalue weighted by molar-refractivity contribution is 0.0507. The Morgan fingerprint density at radius 3 is 2.52 bits per heavy atom. The van der Waals surface area contributed by atoms with Gasteiger partial charge in [-0.15, -0.1) is 0 Å². The first-order valence-corrected chi connectivity index (χ1v) is 11.0. The van der Waals surface area contributed by atoms with E-state index >= 15 is 0 Å². The second-order valence-corrected chi connectivity index (χ2v) is 9.05. The number of aliphatic imine (C=N–C) groups is 1. The van der Waals surface area contributed by atoms with Crippen LogP contribution in [-0.4, -0.2) is 93.0 Å². The summed E-state index contributed by atoms with van der Waals surface area (Å²) in [7, 11) is 1.76. The van der Waals surface area contributed by atoms with Crippen LogP contribution in [0.2, 0.25) is 0 Å². The number of ether oxygens (including phenoxy) is 2. The number of nitrogens with one attached hydrogen (secondary N) is 2. The number of carbonyl (C=O) groups is 1. The molecule has 0 aromatic carbocycles. The van der Waals surface area contributed by atoms with Crippen molar-refractivity contribution in [2.24, 2.45) is 10.9 Å².